The van der Waals surface area contributed by atoms with Crippen LogP contribution in [0.15, 0.2) is 11.3 Å². The van der Waals surface area contributed by atoms with E-state index in [2.05, 4.69) is 16.6 Å². The van der Waals surface area contributed by atoms with Gasteiger partial charge in [0.25, 0.3) is 0 Å². The molecular formula is C8H11AlO2-. The summed E-state index contributed by atoms with van der Waals surface area (Å²) in [5.74, 6) is 1.02. The fourth-order valence-corrected chi connectivity index (χ4v) is 1.46. The van der Waals surface area contributed by atoms with E-state index in [1.54, 1.807) is 0 Å². The summed E-state index contributed by atoms with van der Waals surface area (Å²) in [6, 6.07) is 0. The van der Waals surface area contributed by atoms with E-state index in [1.165, 1.54) is 0 Å². The van der Waals surface area contributed by atoms with E-state index in [9.17, 15) is 4.79 Å². The van der Waals surface area contributed by atoms with E-state index in [0.29, 0.717) is 6.42 Å². The van der Waals surface area contributed by atoms with Gasteiger partial charge in [0.1, 0.15) is 0 Å². The van der Waals surface area contributed by atoms with Crippen molar-refractivity contribution in [3.63, 3.8) is 0 Å². The maximum Gasteiger partial charge on any atom is 0.161 e. The van der Waals surface area contributed by atoms with Gasteiger partial charge in [-0.1, -0.05) is 0 Å². The molecule has 0 heterocycles. The van der Waals surface area contributed by atoms with Crippen LogP contribution in [0.25, 0.3) is 0 Å². The van der Waals surface area contributed by atoms with Crippen LogP contribution in [-0.4, -0.2) is 22.4 Å². The Balaban J connectivity index is 2.75. The predicted octanol–water partition coefficient (Wildman–Crippen LogP) is 1.50. The van der Waals surface area contributed by atoms with Gasteiger partial charge in [-0.25, -0.2) is 0 Å². The first-order chi connectivity index (χ1) is 5.25. The average molecular weight is 166 g/mol. The third-order valence-electron chi connectivity index (χ3n) is 2.02. The molecule has 0 N–H and O–H groups in total. The average Bonchev–Trinajstić information content (AvgIpc) is 2.04. The summed E-state index contributed by atoms with van der Waals surface area (Å²) in [5, 5.41) is 0. The van der Waals surface area contributed by atoms with Gasteiger partial charge in [0.15, 0.2) is 5.78 Å². The SMILES string of the molecule is C/C([O][Al-])=C1\CCCCC1=O. The predicted molar refractivity (Wildman–Crippen MR) is 43.0 cm³/mol. The van der Waals surface area contributed by atoms with Crippen LogP contribution in [-0.2, 0) is 8.58 Å². The van der Waals surface area contributed by atoms with Crippen LogP contribution in [0.3, 0.4) is 0 Å². The van der Waals surface area contributed by atoms with E-state index in [-0.39, 0.29) is 5.78 Å². The number of carbonyl (C=O) groups excluding carboxylic acids is 1. The Morgan fingerprint density at radius 3 is 2.64 bits per heavy atom. The Morgan fingerprint density at radius 2 is 2.09 bits per heavy atom. The lowest BCUT2D eigenvalue weighted by Crippen LogP contribution is -2.11. The topological polar surface area (TPSA) is 26.3 Å². The maximum absolute atomic E-state index is 11.2. The summed E-state index contributed by atoms with van der Waals surface area (Å²) in [6.45, 7) is 1.84. The molecule has 3 radical (unpaired) electrons. The lowest BCUT2D eigenvalue weighted by atomic mass is 9.93. The van der Waals surface area contributed by atoms with Crippen molar-refractivity contribution in [1.82, 2.24) is 0 Å². The molecule has 3 heteroatoms. The molecule has 1 saturated carbocycles. The molecule has 59 valence electrons. The summed E-state index contributed by atoms with van der Waals surface area (Å²) >= 11 is 2.17. The number of allylic oxidation sites excluding steroid dienone is 2. The van der Waals surface area contributed by atoms with Gasteiger partial charge in [-0.05, 0) is 26.2 Å². The number of carbonyl (C=O) groups is 1. The third kappa shape index (κ3) is 2.08. The largest absolute Gasteiger partial charge is 0.881 e. The minimum Gasteiger partial charge on any atom is -0.881 e. The first kappa shape index (κ1) is 8.84. The minimum atomic E-state index is 0.260. The van der Waals surface area contributed by atoms with Crippen molar-refractivity contribution in [3.8, 4) is 0 Å². The van der Waals surface area contributed by atoms with E-state index >= 15 is 0 Å². The van der Waals surface area contributed by atoms with Crippen LogP contribution < -0.4 is 0 Å². The van der Waals surface area contributed by atoms with Crippen molar-refractivity contribution in [1.29, 1.82) is 0 Å². The van der Waals surface area contributed by atoms with Gasteiger partial charge >= 0.3 is 0 Å². The molecule has 1 rings (SSSR count). The van der Waals surface area contributed by atoms with Crippen LogP contribution in [0, 0.1) is 0 Å². The molecule has 2 nitrogen and oxygen atoms in total. The molecule has 1 aliphatic rings. The lowest BCUT2D eigenvalue weighted by Gasteiger charge is -2.23. The molecule has 0 aromatic heterocycles. The maximum atomic E-state index is 11.2. The van der Waals surface area contributed by atoms with Crippen molar-refractivity contribution in [3.05, 3.63) is 11.3 Å². The Labute approximate surface area is 75.4 Å². The quantitative estimate of drug-likeness (QED) is 0.335. The second kappa shape index (κ2) is 3.94. The number of rotatable bonds is 1. The normalized spacial score (nSPS) is 23.3. The zero-order chi connectivity index (χ0) is 8.27. The Hall–Kier alpha value is -0.258. The highest BCUT2D eigenvalue weighted by Gasteiger charge is 2.15. The number of hydrogen-bond acceptors (Lipinski definition) is 2. The van der Waals surface area contributed by atoms with Crippen molar-refractivity contribution >= 4 is 22.4 Å². The van der Waals surface area contributed by atoms with Crippen molar-refractivity contribution in [2.45, 2.75) is 32.6 Å². The minimum absolute atomic E-state index is 0.260. The number of hydrogen-bond donors (Lipinski definition) is 0. The molecule has 0 saturated heterocycles. The highest BCUT2D eigenvalue weighted by molar-refractivity contribution is 6.00. The van der Waals surface area contributed by atoms with Gasteiger partial charge in [-0.3, -0.25) is 21.4 Å². The van der Waals surface area contributed by atoms with Gasteiger partial charge in [0.05, 0.1) is 0 Å². The first-order valence-electron chi connectivity index (χ1n) is 3.85. The fourth-order valence-electron chi connectivity index (χ4n) is 1.32. The van der Waals surface area contributed by atoms with Gasteiger partial charge in [-0.15, -0.1) is 0 Å². The molecule has 0 unspecified atom stereocenters. The molecule has 0 aliphatic heterocycles. The smallest absolute Gasteiger partial charge is 0.161 e. The molecule has 1 aliphatic carbocycles. The van der Waals surface area contributed by atoms with Crippen LogP contribution in [0.4, 0.5) is 0 Å². The first-order valence-corrected chi connectivity index (χ1v) is 4.32. The Kier molecular flexibility index (Phi) is 3.17. The number of Topliss-reactive ketones (excluding diaryl/α,β-unsaturated/α-hetero) is 1. The standard InChI is InChI=1S/C8H12O2.Al/c1-6(9)7-4-2-3-5-8(7)10;/h9H,2-5H2,1H3;/p-1/b7-6-;. The Bertz CT molecular complexity index is 196. The lowest BCUT2D eigenvalue weighted by molar-refractivity contribution is -0.116. The summed E-state index contributed by atoms with van der Waals surface area (Å²) < 4.78 is 4.94. The molecule has 0 bridgehead atoms. The summed E-state index contributed by atoms with van der Waals surface area (Å²) in [7, 11) is 0. The molecule has 0 atom stereocenters. The molecule has 11 heavy (non-hydrogen) atoms. The van der Waals surface area contributed by atoms with Crippen molar-refractivity contribution < 1.29 is 8.58 Å². The zero-order valence-electron chi connectivity index (χ0n) is 6.72. The molecule has 0 aromatic rings. The van der Waals surface area contributed by atoms with Gasteiger partial charge in [0.2, 0.25) is 0 Å². The van der Waals surface area contributed by atoms with Crippen molar-refractivity contribution in [2.24, 2.45) is 0 Å². The van der Waals surface area contributed by atoms with Crippen LogP contribution in [0.1, 0.15) is 32.6 Å². The summed E-state index contributed by atoms with van der Waals surface area (Å²) in [6.07, 6.45) is 3.73. The van der Waals surface area contributed by atoms with Crippen molar-refractivity contribution in [2.75, 3.05) is 0 Å². The summed E-state index contributed by atoms with van der Waals surface area (Å²) in [4.78, 5) is 11.2. The van der Waals surface area contributed by atoms with Crippen LogP contribution >= 0.6 is 0 Å². The molecule has 0 aromatic carbocycles. The van der Waals surface area contributed by atoms with E-state index in [4.69, 9.17) is 3.79 Å². The summed E-state index contributed by atoms with van der Waals surface area (Å²) in [5.41, 5.74) is 0.881. The van der Waals surface area contributed by atoms with Gasteiger partial charge < -0.3 is 3.79 Å². The van der Waals surface area contributed by atoms with E-state index in [1.807, 2.05) is 6.92 Å². The van der Waals surface area contributed by atoms with Crippen LogP contribution in [0.2, 0.25) is 0 Å². The molecule has 0 spiro atoms. The Morgan fingerprint density at radius 1 is 1.45 bits per heavy atom. The highest BCUT2D eigenvalue weighted by Crippen LogP contribution is 2.22. The number of ketones is 1. The van der Waals surface area contributed by atoms with Crippen LogP contribution in [0.5, 0.6) is 0 Å². The zero-order valence-corrected chi connectivity index (χ0v) is 7.88. The second-order valence-electron chi connectivity index (χ2n) is 2.78. The van der Waals surface area contributed by atoms with Gasteiger partial charge in [0, 0.05) is 17.8 Å². The van der Waals surface area contributed by atoms with Gasteiger partial charge in [-0.2, -0.15) is 0 Å². The highest BCUT2D eigenvalue weighted by atomic mass is 27.1. The van der Waals surface area contributed by atoms with E-state index < -0.39 is 0 Å². The second-order valence-corrected chi connectivity index (χ2v) is 3.02. The monoisotopic (exact) mass is 166 g/mol. The fraction of sp³-hybridized carbons (Fsp3) is 0.625. The molecule has 1 fully saturated rings. The molecule has 0 amide bonds. The third-order valence-corrected chi connectivity index (χ3v) is 2.37. The van der Waals surface area contributed by atoms with E-state index in [0.717, 1.165) is 30.6 Å². The molecular weight excluding hydrogens is 155 g/mol.